The third-order valence-electron chi connectivity index (χ3n) is 6.22. The summed E-state index contributed by atoms with van der Waals surface area (Å²) in [6, 6.07) is 15.3. The number of hydrogen-bond donors (Lipinski definition) is 0. The normalized spacial score (nSPS) is 13.9. The molecule has 6 rings (SSSR count). The second kappa shape index (κ2) is 9.02. The van der Waals surface area contributed by atoms with Crippen molar-refractivity contribution in [1.82, 2.24) is 29.6 Å². The summed E-state index contributed by atoms with van der Waals surface area (Å²) in [6.07, 6.45) is 8.61. The number of rotatable bonds is 5. The van der Waals surface area contributed by atoms with Crippen LogP contribution in [0.15, 0.2) is 84.0 Å². The summed E-state index contributed by atoms with van der Waals surface area (Å²) >= 11 is 0. The van der Waals surface area contributed by atoms with Gasteiger partial charge in [0, 0.05) is 50.3 Å². The van der Waals surface area contributed by atoms with Crippen LogP contribution in [0.2, 0.25) is 0 Å². The molecule has 6 heterocycles. The Morgan fingerprint density at radius 1 is 0.971 bits per heavy atom. The highest BCUT2D eigenvalue weighted by Gasteiger charge is 2.26. The van der Waals surface area contributed by atoms with E-state index in [-0.39, 0.29) is 5.91 Å². The maximum absolute atomic E-state index is 13.8. The van der Waals surface area contributed by atoms with Crippen LogP contribution in [-0.2, 0) is 6.54 Å². The fraction of sp³-hybridized carbons (Fsp3) is 0.192. The number of furan rings is 1. The number of carbonyl (C=O) groups excluding carboxylic acids is 1. The number of hydrogen-bond acceptors (Lipinski definition) is 7. The molecule has 5 aromatic heterocycles. The van der Waals surface area contributed by atoms with Crippen LogP contribution in [-0.4, -0.2) is 61.7 Å². The molecule has 0 N–H and O–H groups in total. The number of pyridine rings is 3. The molecule has 1 aliphatic heterocycles. The van der Waals surface area contributed by atoms with Crippen molar-refractivity contribution in [2.45, 2.75) is 6.54 Å². The van der Waals surface area contributed by atoms with Gasteiger partial charge in [-0.2, -0.15) is 5.10 Å². The van der Waals surface area contributed by atoms with E-state index in [4.69, 9.17) is 9.40 Å². The Morgan fingerprint density at radius 2 is 1.89 bits per heavy atom. The van der Waals surface area contributed by atoms with E-state index in [1.165, 1.54) is 0 Å². The molecule has 9 heteroatoms. The zero-order chi connectivity index (χ0) is 23.6. The van der Waals surface area contributed by atoms with Gasteiger partial charge in [-0.3, -0.25) is 9.78 Å². The maximum atomic E-state index is 13.8. The number of aromatic nitrogens is 5. The quantitative estimate of drug-likeness (QED) is 0.392. The minimum Gasteiger partial charge on any atom is -0.467 e. The summed E-state index contributed by atoms with van der Waals surface area (Å²) in [4.78, 5) is 31.4. The van der Waals surface area contributed by atoms with Crippen LogP contribution in [0.4, 0.5) is 5.82 Å². The molecule has 1 aliphatic rings. The van der Waals surface area contributed by atoms with Crippen molar-refractivity contribution in [2.75, 3.05) is 31.1 Å². The molecule has 1 fully saturated rings. The third-order valence-corrected chi connectivity index (χ3v) is 6.22. The van der Waals surface area contributed by atoms with Gasteiger partial charge in [0.05, 0.1) is 29.1 Å². The summed E-state index contributed by atoms with van der Waals surface area (Å²) in [5.41, 5.74) is 2.75. The molecule has 0 saturated carbocycles. The summed E-state index contributed by atoms with van der Waals surface area (Å²) in [7, 11) is 0. The third kappa shape index (κ3) is 4.12. The van der Waals surface area contributed by atoms with Gasteiger partial charge in [-0.25, -0.2) is 14.6 Å². The van der Waals surface area contributed by atoms with E-state index >= 15 is 0 Å². The number of nitrogens with zero attached hydrogens (tertiary/aromatic N) is 7. The lowest BCUT2D eigenvalue weighted by atomic mass is 10.1. The lowest BCUT2D eigenvalue weighted by Gasteiger charge is -2.35. The Balaban J connectivity index is 1.34. The average molecular weight is 466 g/mol. The van der Waals surface area contributed by atoms with Gasteiger partial charge in [0.15, 0.2) is 5.65 Å². The van der Waals surface area contributed by atoms with Crippen molar-refractivity contribution in [3.8, 4) is 11.3 Å². The molecule has 1 saturated heterocycles. The first-order valence-corrected chi connectivity index (χ1v) is 11.5. The highest BCUT2D eigenvalue weighted by atomic mass is 16.3. The molecule has 0 spiro atoms. The number of amides is 1. The van der Waals surface area contributed by atoms with Crippen LogP contribution in [0.1, 0.15) is 16.1 Å². The van der Waals surface area contributed by atoms with Gasteiger partial charge in [-0.15, -0.1) is 0 Å². The first-order valence-electron chi connectivity index (χ1n) is 11.5. The molecular formula is C26H23N7O2. The molecule has 1 amide bonds. The van der Waals surface area contributed by atoms with E-state index in [0.717, 1.165) is 35.6 Å². The number of carbonyl (C=O) groups is 1. The van der Waals surface area contributed by atoms with Gasteiger partial charge in [0.2, 0.25) is 0 Å². The molecule has 0 atom stereocenters. The van der Waals surface area contributed by atoms with E-state index in [9.17, 15) is 4.79 Å². The molecule has 0 aliphatic carbocycles. The first-order chi connectivity index (χ1) is 17.3. The van der Waals surface area contributed by atoms with Crippen LogP contribution in [0.5, 0.6) is 0 Å². The van der Waals surface area contributed by atoms with Crippen LogP contribution in [0.3, 0.4) is 0 Å². The molecule has 0 aromatic carbocycles. The van der Waals surface area contributed by atoms with Gasteiger partial charge < -0.3 is 14.2 Å². The van der Waals surface area contributed by atoms with Crippen molar-refractivity contribution in [3.05, 3.63) is 90.9 Å². The van der Waals surface area contributed by atoms with Gasteiger partial charge in [0.25, 0.3) is 5.91 Å². The van der Waals surface area contributed by atoms with Crippen molar-refractivity contribution in [1.29, 1.82) is 0 Å². The highest BCUT2D eigenvalue weighted by molar-refractivity contribution is 6.06. The molecule has 0 radical (unpaired) electrons. The topological polar surface area (TPSA) is 93.2 Å². The Morgan fingerprint density at radius 3 is 2.63 bits per heavy atom. The van der Waals surface area contributed by atoms with Crippen LogP contribution in [0.25, 0.3) is 22.3 Å². The SMILES string of the molecule is O=C(c1cc(-c2cccnc2)nc2c1cnn2Cc1ccco1)N1CCN(c2ccccn2)CC1. The van der Waals surface area contributed by atoms with Crippen LogP contribution >= 0.6 is 0 Å². The lowest BCUT2D eigenvalue weighted by Crippen LogP contribution is -2.49. The summed E-state index contributed by atoms with van der Waals surface area (Å²) in [5, 5.41) is 5.26. The molecule has 9 nitrogen and oxygen atoms in total. The Bertz CT molecular complexity index is 1440. The second-order valence-corrected chi connectivity index (χ2v) is 8.38. The lowest BCUT2D eigenvalue weighted by molar-refractivity contribution is 0.0748. The number of anilines is 1. The Kier molecular flexibility index (Phi) is 5.42. The molecular weight excluding hydrogens is 442 g/mol. The Hall–Kier alpha value is -4.53. The van der Waals surface area contributed by atoms with Gasteiger partial charge in [-0.05, 0) is 42.5 Å². The van der Waals surface area contributed by atoms with Crippen molar-refractivity contribution >= 4 is 22.8 Å². The van der Waals surface area contributed by atoms with E-state index < -0.39 is 0 Å². The standard InChI is InChI=1S/C26H23N7O2/c34-26(32-12-10-31(11-13-32)24-7-1-2-9-28-24)21-15-23(19-5-3-8-27-16-19)30-25-22(21)17-29-33(25)18-20-6-4-14-35-20/h1-9,14-17H,10-13,18H2. The largest absolute Gasteiger partial charge is 0.467 e. The summed E-state index contributed by atoms with van der Waals surface area (Å²) in [6.45, 7) is 3.11. The van der Waals surface area contributed by atoms with E-state index in [1.54, 1.807) is 35.7 Å². The fourth-order valence-corrected chi connectivity index (χ4v) is 4.40. The van der Waals surface area contributed by atoms with E-state index in [2.05, 4.69) is 20.0 Å². The van der Waals surface area contributed by atoms with E-state index in [0.29, 0.717) is 36.5 Å². The molecule has 174 valence electrons. The molecule has 35 heavy (non-hydrogen) atoms. The zero-order valence-electron chi connectivity index (χ0n) is 19.0. The van der Waals surface area contributed by atoms with Crippen molar-refractivity contribution in [3.63, 3.8) is 0 Å². The van der Waals surface area contributed by atoms with Crippen molar-refractivity contribution < 1.29 is 9.21 Å². The maximum Gasteiger partial charge on any atom is 0.254 e. The first kappa shape index (κ1) is 21.0. The minimum absolute atomic E-state index is 0.0271. The van der Waals surface area contributed by atoms with Gasteiger partial charge in [0.1, 0.15) is 18.1 Å². The monoisotopic (exact) mass is 465 g/mol. The second-order valence-electron chi connectivity index (χ2n) is 8.38. The molecule has 0 bridgehead atoms. The van der Waals surface area contributed by atoms with Crippen LogP contribution < -0.4 is 4.90 Å². The zero-order valence-corrected chi connectivity index (χ0v) is 19.0. The highest BCUT2D eigenvalue weighted by Crippen LogP contribution is 2.27. The van der Waals surface area contributed by atoms with Crippen molar-refractivity contribution in [2.24, 2.45) is 0 Å². The number of piperazine rings is 1. The fourth-order valence-electron chi connectivity index (χ4n) is 4.40. The Labute approximate surface area is 201 Å². The molecule has 5 aromatic rings. The van der Waals surface area contributed by atoms with Crippen LogP contribution in [0, 0.1) is 0 Å². The summed E-state index contributed by atoms with van der Waals surface area (Å²) in [5.74, 6) is 1.67. The predicted octanol–water partition coefficient (Wildman–Crippen LogP) is 3.49. The van der Waals surface area contributed by atoms with Gasteiger partial charge >= 0.3 is 0 Å². The minimum atomic E-state index is -0.0271. The van der Waals surface area contributed by atoms with E-state index in [1.807, 2.05) is 53.4 Å². The smallest absolute Gasteiger partial charge is 0.254 e. The molecule has 0 unspecified atom stereocenters. The number of fused-ring (bicyclic) bond motifs is 1. The predicted molar refractivity (Wildman–Crippen MR) is 131 cm³/mol. The summed E-state index contributed by atoms with van der Waals surface area (Å²) < 4.78 is 7.27. The van der Waals surface area contributed by atoms with Gasteiger partial charge in [-0.1, -0.05) is 6.07 Å². The average Bonchev–Trinajstić information content (AvgIpc) is 3.59.